The topological polar surface area (TPSA) is 69.4 Å². The molecule has 0 saturated carbocycles. The molecule has 0 aliphatic carbocycles. The monoisotopic (exact) mass is 309 g/mol. The molecule has 2 rings (SSSR count). The SMILES string of the molecule is COc1ccc(CN)cc1CS(=O)(=O)c1ccccc1F. The standard InChI is InChI=1S/C15H16FNO3S/c1-20-14-7-6-11(9-17)8-12(14)10-21(18,19)15-5-3-2-4-13(15)16/h2-8H,9-10,17H2,1H3. The third-order valence-corrected chi connectivity index (χ3v) is 4.79. The lowest BCUT2D eigenvalue weighted by molar-refractivity contribution is 0.410. The Morgan fingerprint density at radius 1 is 1.19 bits per heavy atom. The Labute approximate surface area is 123 Å². The molecule has 112 valence electrons. The Morgan fingerprint density at radius 2 is 1.90 bits per heavy atom. The van der Waals surface area contributed by atoms with Crippen molar-refractivity contribution >= 4 is 9.84 Å². The highest BCUT2D eigenvalue weighted by atomic mass is 32.2. The van der Waals surface area contributed by atoms with E-state index in [0.717, 1.165) is 11.6 Å². The quantitative estimate of drug-likeness (QED) is 0.920. The van der Waals surface area contributed by atoms with Gasteiger partial charge in [-0.3, -0.25) is 0 Å². The van der Waals surface area contributed by atoms with Gasteiger partial charge < -0.3 is 10.5 Å². The van der Waals surface area contributed by atoms with Gasteiger partial charge in [0, 0.05) is 12.1 Å². The van der Waals surface area contributed by atoms with Crippen molar-refractivity contribution in [3.05, 3.63) is 59.4 Å². The van der Waals surface area contributed by atoms with Crippen LogP contribution in [0.3, 0.4) is 0 Å². The first-order valence-electron chi connectivity index (χ1n) is 6.31. The lowest BCUT2D eigenvalue weighted by Crippen LogP contribution is -2.09. The largest absolute Gasteiger partial charge is 0.496 e. The molecule has 4 nitrogen and oxygen atoms in total. The molecule has 2 aromatic carbocycles. The number of nitrogens with two attached hydrogens (primary N) is 1. The van der Waals surface area contributed by atoms with Gasteiger partial charge in [0.2, 0.25) is 0 Å². The van der Waals surface area contributed by atoms with Crippen molar-refractivity contribution in [2.45, 2.75) is 17.2 Å². The van der Waals surface area contributed by atoms with Crippen LogP contribution in [0.1, 0.15) is 11.1 Å². The highest BCUT2D eigenvalue weighted by molar-refractivity contribution is 7.90. The summed E-state index contributed by atoms with van der Waals surface area (Å²) in [6.07, 6.45) is 0. The van der Waals surface area contributed by atoms with Gasteiger partial charge in [0.15, 0.2) is 9.84 Å². The van der Waals surface area contributed by atoms with Gasteiger partial charge in [-0.25, -0.2) is 12.8 Å². The molecule has 0 saturated heterocycles. The molecule has 0 aliphatic heterocycles. The molecule has 0 unspecified atom stereocenters. The van der Waals surface area contributed by atoms with E-state index in [1.54, 1.807) is 18.2 Å². The minimum absolute atomic E-state index is 0.288. The minimum Gasteiger partial charge on any atom is -0.496 e. The van der Waals surface area contributed by atoms with Crippen LogP contribution < -0.4 is 10.5 Å². The van der Waals surface area contributed by atoms with E-state index >= 15 is 0 Å². The zero-order valence-corrected chi connectivity index (χ0v) is 12.4. The van der Waals surface area contributed by atoms with Crippen LogP contribution in [0.25, 0.3) is 0 Å². The molecular formula is C15H16FNO3S. The zero-order chi connectivity index (χ0) is 15.5. The van der Waals surface area contributed by atoms with Crippen molar-refractivity contribution in [2.75, 3.05) is 7.11 Å². The second kappa shape index (κ2) is 6.24. The Hall–Kier alpha value is -1.92. The third-order valence-electron chi connectivity index (χ3n) is 3.10. The summed E-state index contributed by atoms with van der Waals surface area (Å²) >= 11 is 0. The number of hydrogen-bond donors (Lipinski definition) is 1. The average Bonchev–Trinajstić information content (AvgIpc) is 2.47. The number of sulfone groups is 1. The highest BCUT2D eigenvalue weighted by Gasteiger charge is 2.21. The molecule has 21 heavy (non-hydrogen) atoms. The fraction of sp³-hybridized carbons (Fsp3) is 0.200. The van der Waals surface area contributed by atoms with Crippen molar-refractivity contribution in [2.24, 2.45) is 5.73 Å². The van der Waals surface area contributed by atoms with Gasteiger partial charge in [-0.2, -0.15) is 0 Å². The molecule has 6 heteroatoms. The molecule has 0 fully saturated rings. The zero-order valence-electron chi connectivity index (χ0n) is 11.5. The van der Waals surface area contributed by atoms with Crippen LogP contribution in [-0.4, -0.2) is 15.5 Å². The number of benzene rings is 2. The first-order chi connectivity index (χ1) is 9.97. The predicted octanol–water partition coefficient (Wildman–Crippen LogP) is 2.27. The van der Waals surface area contributed by atoms with Crippen LogP contribution >= 0.6 is 0 Å². The Kier molecular flexibility index (Phi) is 4.59. The van der Waals surface area contributed by atoms with E-state index in [1.807, 2.05) is 0 Å². The lowest BCUT2D eigenvalue weighted by atomic mass is 10.1. The van der Waals surface area contributed by atoms with Crippen LogP contribution in [0, 0.1) is 5.82 Å². The predicted molar refractivity (Wildman–Crippen MR) is 78.2 cm³/mol. The first-order valence-corrected chi connectivity index (χ1v) is 7.96. The van der Waals surface area contributed by atoms with Crippen molar-refractivity contribution < 1.29 is 17.5 Å². The van der Waals surface area contributed by atoms with Crippen molar-refractivity contribution in [1.29, 1.82) is 0 Å². The van der Waals surface area contributed by atoms with E-state index < -0.39 is 15.7 Å². The van der Waals surface area contributed by atoms with E-state index in [9.17, 15) is 12.8 Å². The molecule has 0 aliphatic rings. The summed E-state index contributed by atoms with van der Waals surface area (Å²) in [4.78, 5) is -0.315. The van der Waals surface area contributed by atoms with Crippen molar-refractivity contribution in [3.63, 3.8) is 0 Å². The van der Waals surface area contributed by atoms with Crippen LogP contribution in [-0.2, 0) is 22.1 Å². The van der Waals surface area contributed by atoms with Crippen LogP contribution in [0.4, 0.5) is 4.39 Å². The van der Waals surface area contributed by atoms with Gasteiger partial charge in [-0.05, 0) is 29.8 Å². The van der Waals surface area contributed by atoms with Crippen LogP contribution in [0.5, 0.6) is 5.75 Å². The van der Waals surface area contributed by atoms with Gasteiger partial charge in [-0.1, -0.05) is 18.2 Å². The third kappa shape index (κ3) is 3.40. The fourth-order valence-corrected chi connectivity index (χ4v) is 3.49. The summed E-state index contributed by atoms with van der Waals surface area (Å²) in [6, 6.07) is 10.4. The molecule has 2 N–H and O–H groups in total. The summed E-state index contributed by atoms with van der Waals surface area (Å²) in [7, 11) is -2.34. The average molecular weight is 309 g/mol. The Bertz CT molecular complexity index is 744. The van der Waals surface area contributed by atoms with E-state index in [2.05, 4.69) is 0 Å². The molecule has 0 heterocycles. The maximum atomic E-state index is 13.7. The molecular weight excluding hydrogens is 293 g/mol. The smallest absolute Gasteiger partial charge is 0.185 e. The summed E-state index contributed by atoms with van der Waals surface area (Å²) in [5.41, 5.74) is 6.81. The summed E-state index contributed by atoms with van der Waals surface area (Å²) in [5, 5.41) is 0. The summed E-state index contributed by atoms with van der Waals surface area (Å²) in [6.45, 7) is 0.288. The first kappa shape index (κ1) is 15.5. The fourth-order valence-electron chi connectivity index (χ4n) is 2.05. The molecule has 0 atom stereocenters. The summed E-state index contributed by atoms with van der Waals surface area (Å²) < 4.78 is 43.6. The molecule has 0 bridgehead atoms. The lowest BCUT2D eigenvalue weighted by Gasteiger charge is -2.11. The highest BCUT2D eigenvalue weighted by Crippen LogP contribution is 2.26. The summed E-state index contributed by atoms with van der Waals surface area (Å²) in [5.74, 6) is -0.663. The van der Waals surface area contributed by atoms with Gasteiger partial charge in [-0.15, -0.1) is 0 Å². The maximum absolute atomic E-state index is 13.7. The number of halogens is 1. The van der Waals surface area contributed by atoms with Gasteiger partial charge in [0.05, 0.1) is 12.9 Å². The van der Waals surface area contributed by atoms with Gasteiger partial charge >= 0.3 is 0 Å². The Morgan fingerprint density at radius 3 is 2.52 bits per heavy atom. The van der Waals surface area contributed by atoms with Gasteiger partial charge in [0.25, 0.3) is 0 Å². The van der Waals surface area contributed by atoms with E-state index in [0.29, 0.717) is 11.3 Å². The number of hydrogen-bond acceptors (Lipinski definition) is 4. The van der Waals surface area contributed by atoms with E-state index in [4.69, 9.17) is 10.5 Å². The van der Waals surface area contributed by atoms with Gasteiger partial charge in [0.1, 0.15) is 16.5 Å². The van der Waals surface area contributed by atoms with Crippen LogP contribution in [0.15, 0.2) is 47.4 Å². The second-order valence-electron chi connectivity index (χ2n) is 4.54. The maximum Gasteiger partial charge on any atom is 0.185 e. The second-order valence-corrected chi connectivity index (χ2v) is 6.50. The molecule has 0 radical (unpaired) electrons. The van der Waals surface area contributed by atoms with E-state index in [1.165, 1.54) is 25.3 Å². The number of ether oxygens (including phenoxy) is 1. The number of rotatable bonds is 5. The van der Waals surface area contributed by atoms with Crippen molar-refractivity contribution in [1.82, 2.24) is 0 Å². The molecule has 0 spiro atoms. The molecule has 0 aromatic heterocycles. The minimum atomic E-state index is -3.80. The van der Waals surface area contributed by atoms with Crippen LogP contribution in [0.2, 0.25) is 0 Å². The normalized spacial score (nSPS) is 11.4. The molecule has 2 aromatic rings. The van der Waals surface area contributed by atoms with Crippen molar-refractivity contribution in [3.8, 4) is 5.75 Å². The van der Waals surface area contributed by atoms with E-state index in [-0.39, 0.29) is 17.2 Å². The number of methoxy groups -OCH3 is 1. The molecule has 0 amide bonds. The Balaban J connectivity index is 2.43.